The van der Waals surface area contributed by atoms with Crippen molar-refractivity contribution in [2.75, 3.05) is 19.6 Å². The summed E-state index contributed by atoms with van der Waals surface area (Å²) >= 11 is 0. The number of esters is 1. The van der Waals surface area contributed by atoms with E-state index < -0.39 is 10.0 Å². The number of likely N-dealkylation sites (tertiary alicyclic amines) is 1. The van der Waals surface area contributed by atoms with Gasteiger partial charge in [-0.2, -0.15) is 8.42 Å². The summed E-state index contributed by atoms with van der Waals surface area (Å²) in [5, 5.41) is 2.78. The third-order valence-corrected chi connectivity index (χ3v) is 6.02. The minimum absolute atomic E-state index is 0.124. The van der Waals surface area contributed by atoms with Crippen molar-refractivity contribution >= 4 is 27.7 Å². The monoisotopic (exact) mass is 407 g/mol. The molecule has 2 aliphatic rings. The zero-order chi connectivity index (χ0) is 20.3. The molecule has 1 aromatic carbocycles. The second-order valence-corrected chi connectivity index (χ2v) is 8.82. The molecule has 1 amide bonds. The Balaban J connectivity index is 1.60. The number of rotatable bonds is 5. The number of nitrogens with one attached hydrogen (secondary N) is 1. The molecule has 0 bridgehead atoms. The Morgan fingerprint density at radius 1 is 1.32 bits per heavy atom. The number of nitrogens with zero attached hydrogens (tertiary/aromatic N) is 2. The van der Waals surface area contributed by atoms with Gasteiger partial charge in [0.1, 0.15) is 4.90 Å². The van der Waals surface area contributed by atoms with Crippen LogP contribution in [0.4, 0.5) is 0 Å². The summed E-state index contributed by atoms with van der Waals surface area (Å²) in [6.07, 6.45) is 1.41. The van der Waals surface area contributed by atoms with Gasteiger partial charge in [-0.1, -0.05) is 12.1 Å². The molecule has 152 valence electrons. The predicted molar refractivity (Wildman–Crippen MR) is 103 cm³/mol. The molecule has 8 nitrogen and oxygen atoms in total. The Hall–Kier alpha value is -2.42. The first-order valence-corrected chi connectivity index (χ1v) is 10.9. The zero-order valence-corrected chi connectivity index (χ0v) is 16.9. The number of amides is 1. The first-order chi connectivity index (χ1) is 13.3. The third-order valence-electron chi connectivity index (χ3n) is 4.70. The second kappa shape index (κ2) is 8.30. The van der Waals surface area contributed by atoms with Crippen LogP contribution in [0.2, 0.25) is 0 Å². The van der Waals surface area contributed by atoms with Crippen molar-refractivity contribution in [3.8, 4) is 0 Å². The molecule has 1 unspecified atom stereocenters. The Morgan fingerprint density at radius 2 is 2.07 bits per heavy atom. The van der Waals surface area contributed by atoms with Crippen LogP contribution in [-0.4, -0.2) is 56.8 Å². The van der Waals surface area contributed by atoms with E-state index in [2.05, 4.69) is 9.71 Å². The topological polar surface area (TPSA) is 105 Å². The van der Waals surface area contributed by atoms with Crippen molar-refractivity contribution < 1.29 is 22.7 Å². The molecule has 1 fully saturated rings. The number of piperidine rings is 1. The van der Waals surface area contributed by atoms with Crippen molar-refractivity contribution in [1.82, 2.24) is 10.2 Å². The number of carbonyl (C=O) groups excluding carboxylic acids is 2. The molecule has 0 spiro atoms. The summed E-state index contributed by atoms with van der Waals surface area (Å²) < 4.78 is 33.5. The van der Waals surface area contributed by atoms with E-state index in [1.54, 1.807) is 38.1 Å². The second-order valence-electron chi connectivity index (χ2n) is 7.25. The maximum absolute atomic E-state index is 12.5. The summed E-state index contributed by atoms with van der Waals surface area (Å²) in [7, 11) is -3.68. The number of ether oxygens (including phenoxy) is 1. The summed E-state index contributed by atoms with van der Waals surface area (Å²) in [5.41, 5.74) is 0.583. The maximum atomic E-state index is 12.5. The zero-order valence-electron chi connectivity index (χ0n) is 16.1. The summed E-state index contributed by atoms with van der Waals surface area (Å²) in [4.78, 5) is 26.1. The molecule has 0 aromatic heterocycles. The molecule has 0 radical (unpaired) electrons. The van der Waals surface area contributed by atoms with Gasteiger partial charge in [0.2, 0.25) is 5.91 Å². The van der Waals surface area contributed by atoms with E-state index in [9.17, 15) is 18.0 Å². The number of fused-ring (bicyclic) bond motifs is 1. The van der Waals surface area contributed by atoms with E-state index in [1.165, 1.54) is 0 Å². The number of carbonyl (C=O) groups is 2. The fourth-order valence-corrected chi connectivity index (χ4v) is 4.68. The van der Waals surface area contributed by atoms with E-state index in [1.807, 2.05) is 4.90 Å². The molecule has 0 aliphatic carbocycles. The minimum Gasteiger partial charge on any atom is -0.463 e. The van der Waals surface area contributed by atoms with Gasteiger partial charge in [-0.05, 0) is 38.8 Å². The fourth-order valence-electron chi connectivity index (χ4n) is 3.45. The quantitative estimate of drug-likeness (QED) is 0.738. The smallest absolute Gasteiger partial charge is 0.307 e. The average molecular weight is 407 g/mol. The van der Waals surface area contributed by atoms with Crippen LogP contribution < -0.4 is 5.32 Å². The fraction of sp³-hybridized carbons (Fsp3) is 0.526. The first kappa shape index (κ1) is 20.3. The van der Waals surface area contributed by atoms with Gasteiger partial charge in [0.15, 0.2) is 5.84 Å². The van der Waals surface area contributed by atoms with E-state index in [-0.39, 0.29) is 41.8 Å². The largest absolute Gasteiger partial charge is 0.463 e. The third kappa shape index (κ3) is 4.52. The highest BCUT2D eigenvalue weighted by Crippen LogP contribution is 2.29. The molecule has 28 heavy (non-hydrogen) atoms. The molecular formula is C19H25N3O5S. The molecule has 2 aliphatic heterocycles. The lowest BCUT2D eigenvalue weighted by atomic mass is 9.96. The Labute approximate surface area is 165 Å². The highest BCUT2D eigenvalue weighted by molar-refractivity contribution is 7.90. The van der Waals surface area contributed by atoms with Crippen LogP contribution in [0.25, 0.3) is 0 Å². The average Bonchev–Trinajstić information content (AvgIpc) is 2.93. The normalized spacial score (nSPS) is 20.5. The first-order valence-electron chi connectivity index (χ1n) is 9.44. The van der Waals surface area contributed by atoms with Crippen molar-refractivity contribution in [1.29, 1.82) is 0 Å². The van der Waals surface area contributed by atoms with Crippen molar-refractivity contribution in [2.45, 2.75) is 44.1 Å². The molecule has 1 aromatic rings. The van der Waals surface area contributed by atoms with Crippen molar-refractivity contribution in [2.24, 2.45) is 10.3 Å². The van der Waals surface area contributed by atoms with Gasteiger partial charge in [0.25, 0.3) is 10.0 Å². The summed E-state index contributed by atoms with van der Waals surface area (Å²) in [5.74, 6) is -0.360. The van der Waals surface area contributed by atoms with Gasteiger partial charge in [-0.3, -0.25) is 9.59 Å². The molecule has 3 rings (SSSR count). The number of amidine groups is 1. The lowest BCUT2D eigenvalue weighted by molar-refractivity contribution is -0.147. The molecule has 9 heteroatoms. The van der Waals surface area contributed by atoms with Crippen LogP contribution in [0.15, 0.2) is 33.6 Å². The van der Waals surface area contributed by atoms with Gasteiger partial charge in [-0.25, -0.2) is 0 Å². The number of hydrogen-bond donors (Lipinski definition) is 1. The van der Waals surface area contributed by atoms with Gasteiger partial charge in [-0.15, -0.1) is 4.40 Å². The van der Waals surface area contributed by atoms with Crippen LogP contribution in [0, 0.1) is 5.92 Å². The van der Waals surface area contributed by atoms with Crippen LogP contribution in [-0.2, 0) is 24.3 Å². The predicted octanol–water partition coefficient (Wildman–Crippen LogP) is 1.31. The summed E-state index contributed by atoms with van der Waals surface area (Å²) in [6, 6.07) is 6.74. The van der Waals surface area contributed by atoms with Crippen LogP contribution in [0.1, 0.15) is 38.7 Å². The van der Waals surface area contributed by atoms with E-state index in [0.29, 0.717) is 30.9 Å². The van der Waals surface area contributed by atoms with E-state index >= 15 is 0 Å². The number of hydrogen-bond acceptors (Lipinski definition) is 6. The standard InChI is InChI=1S/C19H25N3O5S/c1-13(2)27-17(23)9-10-20-19(24)14-6-5-11-22(12-14)18-15-7-3-4-8-16(15)28(25,26)21-18/h3-4,7-8,13-14H,5-6,9-12H2,1-2H3,(H,20,24). The maximum Gasteiger partial charge on any atom is 0.307 e. The molecule has 1 N–H and O–H groups in total. The van der Waals surface area contributed by atoms with Crippen LogP contribution in [0.5, 0.6) is 0 Å². The molecule has 2 heterocycles. The van der Waals surface area contributed by atoms with Gasteiger partial charge >= 0.3 is 5.97 Å². The highest BCUT2D eigenvalue weighted by Gasteiger charge is 2.35. The molecular weight excluding hydrogens is 382 g/mol. The molecule has 0 saturated carbocycles. The molecule has 1 atom stereocenters. The summed E-state index contributed by atoms with van der Waals surface area (Å²) in [6.45, 7) is 4.81. The van der Waals surface area contributed by atoms with Crippen LogP contribution in [0.3, 0.4) is 0 Å². The van der Waals surface area contributed by atoms with Gasteiger partial charge in [0.05, 0.1) is 18.4 Å². The SMILES string of the molecule is CC(C)OC(=O)CCNC(=O)C1CCCN(C2=NS(=O)(=O)c3ccccc32)C1. The van der Waals surface area contributed by atoms with Crippen molar-refractivity contribution in [3.63, 3.8) is 0 Å². The lowest BCUT2D eigenvalue weighted by Crippen LogP contribution is -2.45. The minimum atomic E-state index is -3.68. The Kier molecular flexibility index (Phi) is 6.02. The number of sulfonamides is 1. The Bertz CT molecular complexity index is 895. The van der Waals surface area contributed by atoms with E-state index in [0.717, 1.165) is 6.42 Å². The van der Waals surface area contributed by atoms with Crippen LogP contribution >= 0.6 is 0 Å². The van der Waals surface area contributed by atoms with Gasteiger partial charge in [0, 0.05) is 25.2 Å². The molecule has 1 saturated heterocycles. The number of benzene rings is 1. The van der Waals surface area contributed by atoms with E-state index in [4.69, 9.17) is 4.74 Å². The van der Waals surface area contributed by atoms with Crippen molar-refractivity contribution in [3.05, 3.63) is 29.8 Å². The Morgan fingerprint density at radius 3 is 2.82 bits per heavy atom. The van der Waals surface area contributed by atoms with Gasteiger partial charge < -0.3 is 15.0 Å². The lowest BCUT2D eigenvalue weighted by Gasteiger charge is -2.33. The highest BCUT2D eigenvalue weighted by atomic mass is 32.2.